The number of nitrogen functional groups attached to an aromatic ring is 1. The fraction of sp³-hybridized carbons (Fsp3) is 0.571. The van der Waals surface area contributed by atoms with E-state index in [0.717, 1.165) is 12.8 Å². The van der Waals surface area contributed by atoms with Gasteiger partial charge in [0.25, 0.3) is 0 Å². The molecule has 0 saturated heterocycles. The molecule has 0 aliphatic heterocycles. The fourth-order valence-corrected chi connectivity index (χ4v) is 4.16. The Morgan fingerprint density at radius 2 is 2.19 bits per heavy atom. The molecule has 0 atom stereocenters. The monoisotopic (exact) mass is 330 g/mol. The quantitative estimate of drug-likeness (QED) is 0.711. The van der Waals surface area contributed by atoms with Gasteiger partial charge in [0.05, 0.1) is 5.75 Å². The Morgan fingerprint density at radius 1 is 1.43 bits per heavy atom. The summed E-state index contributed by atoms with van der Waals surface area (Å²) in [6.07, 6.45) is 5.38. The highest BCUT2D eigenvalue weighted by Gasteiger charge is 2.36. The third-order valence-electron chi connectivity index (χ3n) is 3.79. The molecule has 0 spiro atoms. The number of hydrogen-bond acceptors (Lipinski definition) is 5. The molecule has 0 heterocycles. The van der Waals surface area contributed by atoms with Gasteiger partial charge in [0.2, 0.25) is 10.0 Å². The minimum absolute atomic E-state index is 0.0493. The van der Waals surface area contributed by atoms with Crippen molar-refractivity contribution in [3.8, 4) is 5.75 Å². The van der Waals surface area contributed by atoms with Gasteiger partial charge in [-0.3, -0.25) is 0 Å². The second-order valence-corrected chi connectivity index (χ2v) is 8.50. The Bertz CT molecular complexity index is 566. The van der Waals surface area contributed by atoms with Crippen molar-refractivity contribution in [1.29, 1.82) is 0 Å². The molecule has 2 rings (SSSR count). The number of ether oxygens (including phenoxy) is 1. The number of thioether (sulfide) groups is 1. The van der Waals surface area contributed by atoms with Gasteiger partial charge in [-0.15, -0.1) is 0 Å². The van der Waals surface area contributed by atoms with E-state index in [2.05, 4.69) is 4.72 Å². The second-order valence-electron chi connectivity index (χ2n) is 5.30. The van der Waals surface area contributed by atoms with Crippen molar-refractivity contribution in [1.82, 2.24) is 4.72 Å². The first-order chi connectivity index (χ1) is 9.95. The van der Waals surface area contributed by atoms with Crippen LogP contribution in [0.15, 0.2) is 24.3 Å². The molecule has 1 aromatic carbocycles. The van der Waals surface area contributed by atoms with Crippen molar-refractivity contribution < 1.29 is 13.2 Å². The Hall–Kier alpha value is -0.920. The smallest absolute Gasteiger partial charge is 0.215 e. The zero-order valence-corrected chi connectivity index (χ0v) is 13.8. The van der Waals surface area contributed by atoms with Crippen molar-refractivity contribution >= 4 is 27.5 Å². The molecule has 0 bridgehead atoms. The van der Waals surface area contributed by atoms with Crippen LogP contribution in [0.25, 0.3) is 0 Å². The molecule has 1 aliphatic carbocycles. The maximum atomic E-state index is 12.0. The number of hydrogen-bond donors (Lipinski definition) is 2. The molecule has 0 amide bonds. The Morgan fingerprint density at radius 3 is 2.76 bits per heavy atom. The minimum atomic E-state index is -3.30. The maximum Gasteiger partial charge on any atom is 0.215 e. The lowest BCUT2D eigenvalue weighted by atomic mass is 9.84. The molecule has 21 heavy (non-hydrogen) atoms. The molecule has 0 aromatic heterocycles. The van der Waals surface area contributed by atoms with Crippen molar-refractivity contribution in [3.63, 3.8) is 0 Å². The predicted octanol–water partition coefficient (Wildman–Crippen LogP) is 1.85. The number of nitrogens with two attached hydrogens (primary N) is 1. The molecule has 5 nitrogen and oxygen atoms in total. The lowest BCUT2D eigenvalue weighted by Gasteiger charge is -2.40. The summed E-state index contributed by atoms with van der Waals surface area (Å²) in [7, 11) is -3.30. The number of anilines is 1. The maximum absolute atomic E-state index is 12.0. The highest BCUT2D eigenvalue weighted by Crippen LogP contribution is 2.42. The van der Waals surface area contributed by atoms with E-state index >= 15 is 0 Å². The van der Waals surface area contributed by atoms with E-state index in [1.54, 1.807) is 36.0 Å². The molecule has 1 aliphatic rings. The van der Waals surface area contributed by atoms with Gasteiger partial charge in [-0.25, -0.2) is 13.1 Å². The van der Waals surface area contributed by atoms with Crippen LogP contribution < -0.4 is 15.2 Å². The first-order valence-corrected chi connectivity index (χ1v) is 9.83. The molecule has 1 saturated carbocycles. The van der Waals surface area contributed by atoms with Gasteiger partial charge >= 0.3 is 0 Å². The molecular weight excluding hydrogens is 308 g/mol. The van der Waals surface area contributed by atoms with Crippen LogP contribution in [0, 0.1) is 0 Å². The lowest BCUT2D eigenvalue weighted by Crippen LogP contribution is -2.46. The van der Waals surface area contributed by atoms with E-state index in [0.29, 0.717) is 18.0 Å². The lowest BCUT2D eigenvalue weighted by molar-refractivity contribution is 0.338. The van der Waals surface area contributed by atoms with Gasteiger partial charge in [0.1, 0.15) is 12.4 Å². The predicted molar refractivity (Wildman–Crippen MR) is 88.2 cm³/mol. The second kappa shape index (κ2) is 6.89. The topological polar surface area (TPSA) is 81.4 Å². The van der Waals surface area contributed by atoms with E-state index in [9.17, 15) is 8.42 Å². The zero-order chi connectivity index (χ0) is 15.3. The largest absolute Gasteiger partial charge is 0.492 e. The summed E-state index contributed by atoms with van der Waals surface area (Å²) >= 11 is 1.75. The van der Waals surface area contributed by atoms with Gasteiger partial charge in [-0.05, 0) is 31.2 Å². The van der Waals surface area contributed by atoms with Crippen molar-refractivity contribution in [2.75, 3.05) is 30.9 Å². The first-order valence-electron chi connectivity index (χ1n) is 6.96. The van der Waals surface area contributed by atoms with Crippen LogP contribution in [-0.4, -0.2) is 38.3 Å². The van der Waals surface area contributed by atoms with Gasteiger partial charge < -0.3 is 10.5 Å². The van der Waals surface area contributed by atoms with E-state index in [-0.39, 0.29) is 17.1 Å². The Kier molecular flexibility index (Phi) is 5.40. The summed E-state index contributed by atoms with van der Waals surface area (Å²) < 4.78 is 32.1. The number of nitrogens with one attached hydrogen (secondary N) is 1. The fourth-order valence-electron chi connectivity index (χ4n) is 2.21. The molecule has 7 heteroatoms. The highest BCUT2D eigenvalue weighted by atomic mass is 32.2. The van der Waals surface area contributed by atoms with E-state index in [1.807, 2.05) is 6.26 Å². The van der Waals surface area contributed by atoms with Crippen molar-refractivity contribution in [2.45, 2.75) is 24.0 Å². The van der Waals surface area contributed by atoms with E-state index < -0.39 is 10.0 Å². The first kappa shape index (κ1) is 16.5. The van der Waals surface area contributed by atoms with E-state index in [4.69, 9.17) is 10.5 Å². The van der Waals surface area contributed by atoms with Crippen molar-refractivity contribution in [2.24, 2.45) is 0 Å². The van der Waals surface area contributed by atoms with Gasteiger partial charge in [0, 0.05) is 23.0 Å². The van der Waals surface area contributed by atoms with Crippen LogP contribution >= 0.6 is 11.8 Å². The summed E-state index contributed by atoms with van der Waals surface area (Å²) in [5.41, 5.74) is 6.23. The van der Waals surface area contributed by atoms with Crippen LogP contribution in [-0.2, 0) is 10.0 Å². The summed E-state index contributed by atoms with van der Waals surface area (Å²) in [5, 5.41) is 0. The molecule has 3 N–H and O–H groups in total. The number of sulfonamides is 1. The van der Waals surface area contributed by atoms with Crippen LogP contribution in [0.4, 0.5) is 5.69 Å². The summed E-state index contributed by atoms with van der Waals surface area (Å²) in [6, 6.07) is 6.96. The Labute approximate surface area is 130 Å². The Balaban J connectivity index is 1.76. The highest BCUT2D eigenvalue weighted by molar-refractivity contribution is 8.00. The summed E-state index contributed by atoms with van der Waals surface area (Å²) in [4.78, 5) is 0. The molecule has 0 radical (unpaired) electrons. The SMILES string of the molecule is CSC1(CNS(=O)(=O)CCOc2cccc(N)c2)CCC1. The summed E-state index contributed by atoms with van der Waals surface area (Å²) in [5.74, 6) is 0.538. The third-order valence-corrected chi connectivity index (χ3v) is 6.50. The molecule has 1 aromatic rings. The molecule has 0 unspecified atom stereocenters. The number of rotatable bonds is 8. The third kappa shape index (κ3) is 4.79. The van der Waals surface area contributed by atoms with Crippen LogP contribution in [0.5, 0.6) is 5.75 Å². The molecule has 118 valence electrons. The van der Waals surface area contributed by atoms with Crippen molar-refractivity contribution in [3.05, 3.63) is 24.3 Å². The van der Waals surface area contributed by atoms with Gasteiger partial charge in [-0.2, -0.15) is 11.8 Å². The normalized spacial score (nSPS) is 17.2. The zero-order valence-electron chi connectivity index (χ0n) is 12.2. The van der Waals surface area contributed by atoms with Crippen LogP contribution in [0.3, 0.4) is 0 Å². The number of benzene rings is 1. The molecule has 1 fully saturated rings. The van der Waals surface area contributed by atoms with Gasteiger partial charge in [-0.1, -0.05) is 12.5 Å². The van der Waals surface area contributed by atoms with Gasteiger partial charge in [0.15, 0.2) is 0 Å². The average Bonchev–Trinajstić information content (AvgIpc) is 2.38. The van der Waals surface area contributed by atoms with Crippen LogP contribution in [0.1, 0.15) is 19.3 Å². The van der Waals surface area contributed by atoms with Crippen LogP contribution in [0.2, 0.25) is 0 Å². The molecular formula is C14H22N2O3S2. The van der Waals surface area contributed by atoms with E-state index in [1.165, 1.54) is 6.42 Å². The summed E-state index contributed by atoms with van der Waals surface area (Å²) in [6.45, 7) is 0.625. The average molecular weight is 330 g/mol. The standard InChI is InChI=1S/C14H22N2O3S2/c1-20-14(6-3-7-14)11-16-21(17,18)9-8-19-13-5-2-4-12(15)10-13/h2,4-5,10,16H,3,6-9,11,15H2,1H3. The minimum Gasteiger partial charge on any atom is -0.492 e.